The number of piperazine rings is 1. The molecule has 2 aromatic heterocycles. The zero-order valence-electron chi connectivity index (χ0n) is 16.5. The first kappa shape index (κ1) is 18.1. The van der Waals surface area contributed by atoms with Crippen molar-refractivity contribution < 1.29 is 4.79 Å². The Morgan fingerprint density at radius 3 is 2.55 bits per heavy atom. The van der Waals surface area contributed by atoms with Crippen LogP contribution < -0.4 is 5.69 Å². The van der Waals surface area contributed by atoms with Gasteiger partial charge in [-0.25, -0.2) is 14.8 Å². The summed E-state index contributed by atoms with van der Waals surface area (Å²) in [7, 11) is 2.07. The summed E-state index contributed by atoms with van der Waals surface area (Å²) in [4.78, 5) is 40.9. The first-order valence-electron chi connectivity index (χ1n) is 10.1. The van der Waals surface area contributed by atoms with Crippen LogP contribution in [0.25, 0.3) is 22.6 Å². The highest BCUT2D eigenvalue weighted by molar-refractivity contribution is 5.94. The second kappa shape index (κ2) is 7.11. The largest absolute Gasteiger partial charge is 0.336 e. The molecule has 2 aliphatic rings. The molecule has 1 aromatic carbocycles. The van der Waals surface area contributed by atoms with E-state index < -0.39 is 0 Å². The number of hydrogen-bond donors (Lipinski definition) is 1. The Kier molecular flexibility index (Phi) is 4.43. The number of imidazole rings is 1. The number of hydrogen-bond acceptors (Lipinski definition) is 5. The van der Waals surface area contributed by atoms with Gasteiger partial charge >= 0.3 is 5.69 Å². The van der Waals surface area contributed by atoms with Gasteiger partial charge in [0.1, 0.15) is 0 Å². The van der Waals surface area contributed by atoms with Gasteiger partial charge in [0, 0.05) is 43.9 Å². The number of H-pyrrole nitrogens is 1. The highest BCUT2D eigenvalue weighted by Crippen LogP contribution is 2.30. The van der Waals surface area contributed by atoms with Crippen molar-refractivity contribution in [3.8, 4) is 11.3 Å². The average molecular weight is 392 g/mol. The van der Waals surface area contributed by atoms with Gasteiger partial charge in [0.25, 0.3) is 5.91 Å². The molecule has 29 heavy (non-hydrogen) atoms. The van der Waals surface area contributed by atoms with Crippen LogP contribution in [0.1, 0.15) is 23.2 Å². The quantitative estimate of drug-likeness (QED) is 0.729. The fourth-order valence-corrected chi connectivity index (χ4v) is 3.77. The minimum Gasteiger partial charge on any atom is -0.336 e. The third-order valence-electron chi connectivity index (χ3n) is 5.84. The van der Waals surface area contributed by atoms with Crippen LogP contribution in [0.2, 0.25) is 0 Å². The lowest BCUT2D eigenvalue weighted by Gasteiger charge is -2.32. The van der Waals surface area contributed by atoms with E-state index in [0.717, 1.165) is 31.7 Å². The van der Waals surface area contributed by atoms with Crippen LogP contribution in [0.15, 0.2) is 35.3 Å². The molecule has 0 unspecified atom stereocenters. The van der Waals surface area contributed by atoms with Gasteiger partial charge in [-0.3, -0.25) is 14.3 Å². The van der Waals surface area contributed by atoms with Crippen LogP contribution in [-0.4, -0.2) is 68.5 Å². The van der Waals surface area contributed by atoms with Crippen molar-refractivity contribution in [2.75, 3.05) is 33.2 Å². The van der Waals surface area contributed by atoms with Gasteiger partial charge in [-0.05, 0) is 37.9 Å². The van der Waals surface area contributed by atoms with Crippen molar-refractivity contribution in [3.63, 3.8) is 0 Å². The maximum Gasteiger partial charge on any atom is 0.328 e. The van der Waals surface area contributed by atoms with Gasteiger partial charge in [-0.2, -0.15) is 0 Å². The van der Waals surface area contributed by atoms with Gasteiger partial charge < -0.3 is 9.80 Å². The first-order valence-corrected chi connectivity index (χ1v) is 10.1. The van der Waals surface area contributed by atoms with Gasteiger partial charge in [-0.1, -0.05) is 12.1 Å². The number of fused-ring (bicyclic) bond motifs is 1. The molecule has 1 saturated carbocycles. The van der Waals surface area contributed by atoms with Crippen molar-refractivity contribution >= 4 is 17.2 Å². The van der Waals surface area contributed by atoms with E-state index >= 15 is 0 Å². The maximum absolute atomic E-state index is 12.7. The van der Waals surface area contributed by atoms with Gasteiger partial charge in [0.2, 0.25) is 0 Å². The Bertz CT molecular complexity index is 1100. The third-order valence-corrected chi connectivity index (χ3v) is 5.84. The Morgan fingerprint density at radius 1 is 1.14 bits per heavy atom. The highest BCUT2D eigenvalue weighted by atomic mass is 16.2. The molecule has 1 N–H and O–H groups in total. The van der Waals surface area contributed by atoms with Crippen molar-refractivity contribution in [3.05, 3.63) is 46.5 Å². The summed E-state index contributed by atoms with van der Waals surface area (Å²) in [5.74, 6) is 0.645. The molecule has 2 fully saturated rings. The van der Waals surface area contributed by atoms with E-state index in [1.807, 2.05) is 29.2 Å². The average Bonchev–Trinajstić information content (AvgIpc) is 3.51. The summed E-state index contributed by atoms with van der Waals surface area (Å²) in [6.45, 7) is 4.01. The predicted octanol–water partition coefficient (Wildman–Crippen LogP) is 1.58. The minimum absolute atomic E-state index is 0.0627. The first-order chi connectivity index (χ1) is 14.1. The third kappa shape index (κ3) is 3.55. The topological polar surface area (TPSA) is 87.1 Å². The van der Waals surface area contributed by atoms with E-state index in [1.54, 1.807) is 10.8 Å². The molecule has 0 bridgehead atoms. The molecular weight excluding hydrogens is 368 g/mol. The maximum atomic E-state index is 12.7. The number of carbonyl (C=O) groups is 1. The fraction of sp³-hybridized carbons (Fsp3) is 0.429. The molecule has 1 saturated heterocycles. The molecule has 3 aromatic rings. The second-order valence-corrected chi connectivity index (χ2v) is 8.08. The lowest BCUT2D eigenvalue weighted by Crippen LogP contribution is -2.47. The Labute approximate surface area is 168 Å². The summed E-state index contributed by atoms with van der Waals surface area (Å²) >= 11 is 0. The van der Waals surface area contributed by atoms with E-state index in [4.69, 9.17) is 0 Å². The number of carbonyl (C=O) groups excluding carboxylic acids is 1. The molecule has 8 heteroatoms. The number of rotatable bonds is 4. The van der Waals surface area contributed by atoms with Crippen LogP contribution >= 0.6 is 0 Å². The number of amides is 1. The summed E-state index contributed by atoms with van der Waals surface area (Å²) in [5, 5.41) is 0. The lowest BCUT2D eigenvalue weighted by molar-refractivity contribution is 0.0664. The molecule has 0 atom stereocenters. The van der Waals surface area contributed by atoms with Crippen molar-refractivity contribution in [2.45, 2.75) is 19.4 Å². The summed E-state index contributed by atoms with van der Waals surface area (Å²) in [6.07, 6.45) is 4.03. The number of aromatic amines is 1. The number of likely N-dealkylation sites (N-methyl/N-ethyl adjacent to an activating group) is 1. The van der Waals surface area contributed by atoms with Crippen LogP contribution in [0.4, 0.5) is 0 Å². The number of nitrogens with one attached hydrogen (secondary N) is 1. The predicted molar refractivity (Wildman–Crippen MR) is 110 cm³/mol. The zero-order valence-corrected chi connectivity index (χ0v) is 16.5. The minimum atomic E-state index is -0.155. The Morgan fingerprint density at radius 2 is 1.86 bits per heavy atom. The van der Waals surface area contributed by atoms with Gasteiger partial charge in [0.05, 0.1) is 11.9 Å². The molecule has 3 heterocycles. The highest BCUT2D eigenvalue weighted by Gasteiger charge is 2.24. The normalized spacial score (nSPS) is 17.8. The van der Waals surface area contributed by atoms with E-state index in [-0.39, 0.29) is 11.6 Å². The second-order valence-electron chi connectivity index (χ2n) is 8.08. The molecule has 150 valence electrons. The van der Waals surface area contributed by atoms with E-state index in [9.17, 15) is 9.59 Å². The fourth-order valence-electron chi connectivity index (χ4n) is 3.77. The number of benzene rings is 1. The van der Waals surface area contributed by atoms with E-state index in [0.29, 0.717) is 35.0 Å². The summed E-state index contributed by atoms with van der Waals surface area (Å²) in [5.41, 5.74) is 3.17. The Hall–Kier alpha value is -3.00. The molecule has 1 aliphatic heterocycles. The monoisotopic (exact) mass is 392 g/mol. The zero-order chi connectivity index (χ0) is 20.0. The van der Waals surface area contributed by atoms with Crippen molar-refractivity contribution in [2.24, 2.45) is 5.92 Å². The molecule has 0 spiro atoms. The number of nitrogens with zero attached hydrogens (tertiary/aromatic N) is 5. The lowest BCUT2D eigenvalue weighted by atomic mass is 10.1. The van der Waals surface area contributed by atoms with Gasteiger partial charge in [-0.15, -0.1) is 0 Å². The van der Waals surface area contributed by atoms with Crippen molar-refractivity contribution in [1.82, 2.24) is 29.3 Å². The summed E-state index contributed by atoms with van der Waals surface area (Å²) < 4.78 is 1.68. The van der Waals surface area contributed by atoms with Crippen LogP contribution in [0.3, 0.4) is 0 Å². The molecule has 8 nitrogen and oxygen atoms in total. The SMILES string of the molecule is CN1CCN(C(=O)c2ccc(-c3cnc4c(n3)[nH]c(=O)n4CC3CC3)cc2)CC1. The van der Waals surface area contributed by atoms with Crippen LogP contribution in [0.5, 0.6) is 0 Å². The molecule has 0 radical (unpaired) electrons. The Balaban J connectivity index is 1.37. The van der Waals surface area contributed by atoms with E-state index in [1.165, 1.54) is 12.8 Å². The van der Waals surface area contributed by atoms with Crippen LogP contribution in [-0.2, 0) is 6.54 Å². The van der Waals surface area contributed by atoms with E-state index in [2.05, 4.69) is 26.9 Å². The smallest absolute Gasteiger partial charge is 0.328 e. The molecule has 1 amide bonds. The molecular formula is C21H24N6O2. The van der Waals surface area contributed by atoms with Gasteiger partial charge in [0.15, 0.2) is 11.3 Å². The van der Waals surface area contributed by atoms with Crippen LogP contribution in [0, 0.1) is 5.92 Å². The standard InChI is InChI=1S/C21H24N6O2/c1-25-8-10-26(11-9-25)20(28)16-6-4-15(5-7-16)17-12-22-19-18(23-17)24-21(29)27(19)13-14-2-3-14/h4-7,12,14H,2-3,8-11,13H2,1H3,(H,23,24,29). The molecule has 1 aliphatic carbocycles. The van der Waals surface area contributed by atoms with Crippen molar-refractivity contribution in [1.29, 1.82) is 0 Å². The summed E-state index contributed by atoms with van der Waals surface area (Å²) in [6, 6.07) is 7.45. The molecule has 5 rings (SSSR count). The number of aromatic nitrogens is 4.